The van der Waals surface area contributed by atoms with Gasteiger partial charge in [-0.15, -0.1) is 0 Å². The highest BCUT2D eigenvalue weighted by Crippen LogP contribution is 2.21. The molecule has 1 N–H and O–H groups in total. The Morgan fingerprint density at radius 2 is 2.05 bits per heavy atom. The molecule has 0 aliphatic carbocycles. The third-order valence-corrected chi connectivity index (χ3v) is 3.46. The van der Waals surface area contributed by atoms with Crippen molar-refractivity contribution in [3.05, 3.63) is 62.3 Å². The number of pyridine rings is 1. The Bertz CT molecular complexity index is 676. The van der Waals surface area contributed by atoms with E-state index >= 15 is 0 Å². The highest BCUT2D eigenvalue weighted by Gasteiger charge is 2.04. The lowest BCUT2D eigenvalue weighted by atomic mass is 10.2. The predicted octanol–water partition coefficient (Wildman–Crippen LogP) is 3.91. The quantitative estimate of drug-likeness (QED) is 0.655. The van der Waals surface area contributed by atoms with E-state index in [-0.39, 0.29) is 5.91 Å². The zero-order chi connectivity index (χ0) is 14.5. The summed E-state index contributed by atoms with van der Waals surface area (Å²) < 4.78 is 0.721. The Hall–Kier alpha value is -1.43. The minimum Gasteiger partial charge on any atom is -0.267 e. The van der Waals surface area contributed by atoms with Crippen molar-refractivity contribution in [2.75, 3.05) is 0 Å². The van der Waals surface area contributed by atoms with Gasteiger partial charge >= 0.3 is 0 Å². The van der Waals surface area contributed by atoms with Gasteiger partial charge in [0, 0.05) is 16.9 Å². The second-order valence-corrected chi connectivity index (χ2v) is 5.49. The van der Waals surface area contributed by atoms with Crippen molar-refractivity contribution < 1.29 is 4.79 Å². The summed E-state index contributed by atoms with van der Waals surface area (Å²) in [5.74, 6) is -0.352. The zero-order valence-electron chi connectivity index (χ0n) is 9.98. The molecule has 20 heavy (non-hydrogen) atoms. The summed E-state index contributed by atoms with van der Waals surface area (Å²) in [6, 6.07) is 6.70. The summed E-state index contributed by atoms with van der Waals surface area (Å²) in [5, 5.41) is 4.74. The van der Waals surface area contributed by atoms with Gasteiger partial charge in [-0.25, -0.2) is 5.43 Å². The first-order chi connectivity index (χ1) is 9.56. The van der Waals surface area contributed by atoms with Crippen LogP contribution >= 0.6 is 39.1 Å². The van der Waals surface area contributed by atoms with E-state index in [9.17, 15) is 4.79 Å². The van der Waals surface area contributed by atoms with Gasteiger partial charge in [-0.2, -0.15) is 5.10 Å². The summed E-state index contributed by atoms with van der Waals surface area (Å²) in [7, 11) is 0. The van der Waals surface area contributed by atoms with Gasteiger partial charge in [0.2, 0.25) is 0 Å². The molecule has 0 saturated heterocycles. The average molecular weight is 373 g/mol. The van der Waals surface area contributed by atoms with Crippen molar-refractivity contribution in [2.24, 2.45) is 5.10 Å². The second kappa shape index (κ2) is 6.83. The molecule has 0 unspecified atom stereocenters. The van der Waals surface area contributed by atoms with Gasteiger partial charge in [0.15, 0.2) is 0 Å². The fraction of sp³-hybridized carbons (Fsp3) is 0. The first-order valence-corrected chi connectivity index (χ1v) is 7.00. The monoisotopic (exact) mass is 371 g/mol. The van der Waals surface area contributed by atoms with Crippen LogP contribution in [0, 0.1) is 0 Å². The molecule has 0 spiro atoms. The molecule has 0 saturated carbocycles. The van der Waals surface area contributed by atoms with Crippen LogP contribution in [-0.2, 0) is 0 Å². The number of rotatable bonds is 3. The predicted molar refractivity (Wildman–Crippen MR) is 83.5 cm³/mol. The van der Waals surface area contributed by atoms with Crippen LogP contribution in [-0.4, -0.2) is 17.1 Å². The Morgan fingerprint density at radius 3 is 2.75 bits per heavy atom. The third kappa shape index (κ3) is 4.03. The Labute approximate surface area is 133 Å². The molecule has 1 aromatic heterocycles. The lowest BCUT2D eigenvalue weighted by Crippen LogP contribution is -2.17. The lowest BCUT2D eigenvalue weighted by Gasteiger charge is -2.00. The number of nitrogens with one attached hydrogen (secondary N) is 1. The average Bonchev–Trinajstić information content (AvgIpc) is 2.42. The van der Waals surface area contributed by atoms with Crippen molar-refractivity contribution in [3.63, 3.8) is 0 Å². The van der Waals surface area contributed by atoms with Crippen molar-refractivity contribution in [2.45, 2.75) is 0 Å². The van der Waals surface area contributed by atoms with Gasteiger partial charge in [-0.05, 0) is 39.7 Å². The number of carbonyl (C=O) groups excluding carboxylic acids is 1. The number of aromatic nitrogens is 1. The smallest absolute Gasteiger partial charge is 0.267 e. The van der Waals surface area contributed by atoms with Crippen LogP contribution in [0.1, 0.15) is 15.9 Å². The third-order valence-electron chi connectivity index (χ3n) is 2.29. The molecule has 0 radical (unpaired) electrons. The molecule has 0 aliphatic heterocycles. The first kappa shape index (κ1) is 15.0. The summed E-state index contributed by atoms with van der Waals surface area (Å²) in [6.07, 6.45) is 4.52. The molecule has 0 atom stereocenters. The molecule has 2 aromatic rings. The van der Waals surface area contributed by atoms with Crippen LogP contribution in [0.3, 0.4) is 0 Å². The molecular weight excluding hydrogens is 365 g/mol. The van der Waals surface area contributed by atoms with E-state index in [0.717, 1.165) is 10.0 Å². The van der Waals surface area contributed by atoms with Crippen molar-refractivity contribution in [3.8, 4) is 0 Å². The van der Waals surface area contributed by atoms with E-state index < -0.39 is 0 Å². The van der Waals surface area contributed by atoms with Crippen LogP contribution in [0.5, 0.6) is 0 Å². The summed E-state index contributed by atoms with van der Waals surface area (Å²) in [4.78, 5) is 15.7. The highest BCUT2D eigenvalue weighted by atomic mass is 79.9. The standard InChI is InChI=1S/C13H8BrCl2N3O/c14-10-4-9(6-17-7-10)13(20)19-18-5-8-1-2-11(15)12(16)3-8/h1-7H,(H,19,20)/b18-5+. The zero-order valence-corrected chi connectivity index (χ0v) is 13.1. The maximum atomic E-state index is 11.8. The van der Waals surface area contributed by atoms with Crippen LogP contribution < -0.4 is 5.43 Å². The van der Waals surface area contributed by atoms with E-state index in [2.05, 4.69) is 31.4 Å². The van der Waals surface area contributed by atoms with Gasteiger partial charge in [0.05, 0.1) is 21.8 Å². The van der Waals surface area contributed by atoms with Crippen molar-refractivity contribution in [1.29, 1.82) is 0 Å². The lowest BCUT2D eigenvalue weighted by molar-refractivity contribution is 0.0954. The Morgan fingerprint density at radius 1 is 1.25 bits per heavy atom. The van der Waals surface area contributed by atoms with Crippen molar-refractivity contribution in [1.82, 2.24) is 10.4 Å². The fourth-order valence-electron chi connectivity index (χ4n) is 1.36. The second-order valence-electron chi connectivity index (χ2n) is 3.76. The molecule has 102 valence electrons. The number of benzene rings is 1. The number of hydrogen-bond donors (Lipinski definition) is 1. The molecule has 0 bridgehead atoms. The molecule has 1 heterocycles. The number of hydrogen-bond acceptors (Lipinski definition) is 3. The first-order valence-electron chi connectivity index (χ1n) is 5.45. The minimum atomic E-state index is -0.352. The van der Waals surface area contributed by atoms with Crippen LogP contribution in [0.25, 0.3) is 0 Å². The van der Waals surface area contributed by atoms with Crippen LogP contribution in [0.15, 0.2) is 46.2 Å². The highest BCUT2D eigenvalue weighted by molar-refractivity contribution is 9.10. The Balaban J connectivity index is 2.02. The van der Waals surface area contributed by atoms with Crippen molar-refractivity contribution >= 4 is 51.3 Å². The summed E-state index contributed by atoms with van der Waals surface area (Å²) in [6.45, 7) is 0. The van der Waals surface area contributed by atoms with Gasteiger partial charge in [0.25, 0.3) is 5.91 Å². The minimum absolute atomic E-state index is 0.352. The van der Waals surface area contributed by atoms with Gasteiger partial charge < -0.3 is 0 Å². The largest absolute Gasteiger partial charge is 0.272 e. The molecule has 0 aliphatic rings. The normalized spacial score (nSPS) is 10.8. The molecular formula is C13H8BrCl2N3O. The molecule has 7 heteroatoms. The van der Waals surface area contributed by atoms with E-state index in [0.29, 0.717) is 15.6 Å². The molecule has 1 amide bonds. The fourth-order valence-corrected chi connectivity index (χ4v) is 2.03. The number of hydrazone groups is 1. The summed E-state index contributed by atoms with van der Waals surface area (Å²) in [5.41, 5.74) is 3.54. The van der Waals surface area contributed by atoms with Crippen LogP contribution in [0.2, 0.25) is 10.0 Å². The number of halogens is 3. The van der Waals surface area contributed by atoms with E-state index in [4.69, 9.17) is 23.2 Å². The number of nitrogens with zero attached hydrogens (tertiary/aromatic N) is 2. The van der Waals surface area contributed by atoms with Gasteiger partial charge in [-0.1, -0.05) is 29.3 Å². The van der Waals surface area contributed by atoms with E-state index in [1.807, 2.05) is 0 Å². The maximum absolute atomic E-state index is 11.8. The molecule has 4 nitrogen and oxygen atoms in total. The number of amides is 1. The van der Waals surface area contributed by atoms with Gasteiger partial charge in [0.1, 0.15) is 0 Å². The van der Waals surface area contributed by atoms with Gasteiger partial charge in [-0.3, -0.25) is 9.78 Å². The maximum Gasteiger partial charge on any atom is 0.272 e. The summed E-state index contributed by atoms with van der Waals surface area (Å²) >= 11 is 14.9. The van der Waals surface area contributed by atoms with E-state index in [1.54, 1.807) is 30.5 Å². The topological polar surface area (TPSA) is 54.4 Å². The molecule has 0 fully saturated rings. The number of carbonyl (C=O) groups is 1. The van der Waals surface area contributed by atoms with Crippen LogP contribution in [0.4, 0.5) is 0 Å². The van der Waals surface area contributed by atoms with E-state index in [1.165, 1.54) is 12.4 Å². The SMILES string of the molecule is O=C(N/N=C/c1ccc(Cl)c(Cl)c1)c1cncc(Br)c1. The Kier molecular flexibility index (Phi) is 5.11. The molecule has 2 rings (SSSR count). The molecule has 1 aromatic carbocycles.